The van der Waals surface area contributed by atoms with Gasteiger partial charge in [0.05, 0.1) is 26.4 Å². The van der Waals surface area contributed by atoms with Crippen LogP contribution in [0.3, 0.4) is 0 Å². The summed E-state index contributed by atoms with van der Waals surface area (Å²) in [5.74, 6) is 0. The zero-order valence-electron chi connectivity index (χ0n) is 28.7. The fraction of sp³-hybridized carbons (Fsp3) is 0.208. The summed E-state index contributed by atoms with van der Waals surface area (Å²) in [5, 5.41) is 5.31. The Morgan fingerprint density at radius 2 is 0.840 bits per heavy atom. The van der Waals surface area contributed by atoms with Crippen LogP contribution in [0.15, 0.2) is 97.1 Å². The number of hydrogen-bond donors (Lipinski definition) is 0. The van der Waals surface area contributed by atoms with Gasteiger partial charge < -0.3 is 9.47 Å². The molecule has 0 fully saturated rings. The molecule has 7 aromatic rings. The lowest BCUT2D eigenvalue weighted by molar-refractivity contribution is 0.106. The highest BCUT2D eigenvalue weighted by atomic mass is 16.5. The predicted molar refractivity (Wildman–Crippen MR) is 204 cm³/mol. The van der Waals surface area contributed by atoms with Gasteiger partial charge in [-0.25, -0.2) is 0 Å². The number of rotatable bonds is 0. The molecule has 2 aliphatic carbocycles. The largest absolute Gasteiger partial charge is 0.372 e. The van der Waals surface area contributed by atoms with E-state index in [9.17, 15) is 0 Å². The van der Waals surface area contributed by atoms with Gasteiger partial charge in [0, 0.05) is 0 Å². The van der Waals surface area contributed by atoms with Crippen LogP contribution in [-0.2, 0) is 61.6 Å². The van der Waals surface area contributed by atoms with Crippen LogP contribution in [0.5, 0.6) is 0 Å². The second-order valence-corrected chi connectivity index (χ2v) is 15.0. The first-order chi connectivity index (χ1) is 24.6. The smallest absolute Gasteiger partial charge is 0.0730 e. The molecule has 2 nitrogen and oxygen atoms in total. The van der Waals surface area contributed by atoms with Crippen LogP contribution >= 0.6 is 0 Å². The first-order valence-electron chi connectivity index (χ1n) is 18.3. The van der Waals surface area contributed by atoms with E-state index < -0.39 is 0 Å². The summed E-state index contributed by atoms with van der Waals surface area (Å²) >= 11 is 0. The van der Waals surface area contributed by atoms with Crippen molar-refractivity contribution in [1.82, 2.24) is 0 Å². The highest BCUT2D eigenvalue weighted by Crippen LogP contribution is 2.53. The van der Waals surface area contributed by atoms with Crippen molar-refractivity contribution < 1.29 is 9.47 Å². The van der Waals surface area contributed by atoms with E-state index in [1.54, 1.807) is 0 Å². The molecule has 4 aliphatic rings. The predicted octanol–water partition coefficient (Wildman–Crippen LogP) is 11.5. The number of aryl methyl sites for hydroxylation is 6. The van der Waals surface area contributed by atoms with Crippen LogP contribution in [0.25, 0.3) is 66.1 Å². The van der Waals surface area contributed by atoms with Gasteiger partial charge in [-0.05, 0) is 173 Å². The molecule has 0 aromatic heterocycles. The molecule has 0 bridgehead atoms. The van der Waals surface area contributed by atoms with Crippen molar-refractivity contribution >= 4 is 21.5 Å². The highest BCUT2D eigenvalue weighted by Gasteiger charge is 2.32. The third kappa shape index (κ3) is 4.04. The van der Waals surface area contributed by atoms with Crippen LogP contribution in [0, 0.1) is 13.8 Å². The molecule has 0 radical (unpaired) electrons. The maximum atomic E-state index is 6.55. The minimum absolute atomic E-state index is 0.597. The molecule has 11 rings (SSSR count). The fourth-order valence-corrected chi connectivity index (χ4v) is 9.90. The first-order valence-corrected chi connectivity index (χ1v) is 18.3. The zero-order valence-corrected chi connectivity index (χ0v) is 28.7. The Balaban J connectivity index is 1.25. The van der Waals surface area contributed by atoms with Crippen molar-refractivity contribution in [2.45, 2.75) is 66.0 Å². The maximum absolute atomic E-state index is 6.55. The molecule has 7 aromatic carbocycles. The lowest BCUT2D eigenvalue weighted by atomic mass is 9.74. The normalized spacial score (nSPS) is 15.4. The molecular formula is C48H38O2. The van der Waals surface area contributed by atoms with Crippen molar-refractivity contribution in [3.63, 3.8) is 0 Å². The summed E-state index contributed by atoms with van der Waals surface area (Å²) in [4.78, 5) is 0. The van der Waals surface area contributed by atoms with E-state index in [0.717, 1.165) is 25.7 Å². The Hall–Kier alpha value is -5.02. The van der Waals surface area contributed by atoms with E-state index in [2.05, 4.69) is 111 Å². The average Bonchev–Trinajstić information content (AvgIpc) is 3.46. The van der Waals surface area contributed by atoms with Gasteiger partial charge in [0.2, 0.25) is 0 Å². The quantitative estimate of drug-likeness (QED) is 0.163. The standard InChI is InChI=1S/C48H38O2/c1-27-19-33-17-15-31-13-11-29-7-3-5-9-37(29)43(31)45(33)47-39-22-40-36(21-35(39)23-49-25-41(27)47)24-50-26-42-28(2)20-34-18-16-32-14-12-30-8-4-6-10-38(30)44(32)46(34)48(40)42/h3-14,19-22H,15-18,23-26H2,1-2H3. The molecular weight excluding hydrogens is 609 g/mol. The van der Waals surface area contributed by atoms with E-state index in [0.29, 0.717) is 26.4 Å². The van der Waals surface area contributed by atoms with Gasteiger partial charge in [-0.3, -0.25) is 0 Å². The molecule has 0 N–H and O–H groups in total. The molecule has 0 amide bonds. The first kappa shape index (κ1) is 28.8. The third-order valence-corrected chi connectivity index (χ3v) is 12.2. The molecule has 0 atom stereocenters. The Morgan fingerprint density at radius 3 is 1.34 bits per heavy atom. The fourth-order valence-electron chi connectivity index (χ4n) is 9.90. The van der Waals surface area contributed by atoms with Crippen molar-refractivity contribution in [3.8, 4) is 44.5 Å². The van der Waals surface area contributed by atoms with Crippen molar-refractivity contribution in [2.24, 2.45) is 0 Å². The van der Waals surface area contributed by atoms with Gasteiger partial charge in [0.25, 0.3) is 0 Å². The minimum atomic E-state index is 0.597. The Labute approximate surface area is 293 Å². The molecule has 2 heterocycles. The number of fused-ring (bicyclic) bond motifs is 18. The van der Waals surface area contributed by atoms with Crippen LogP contribution in [-0.4, -0.2) is 0 Å². The molecule has 0 spiro atoms. The van der Waals surface area contributed by atoms with E-state index >= 15 is 0 Å². The summed E-state index contributed by atoms with van der Waals surface area (Å²) in [7, 11) is 0. The van der Waals surface area contributed by atoms with E-state index in [-0.39, 0.29) is 0 Å². The minimum Gasteiger partial charge on any atom is -0.372 e. The summed E-state index contributed by atoms with van der Waals surface area (Å²) in [5.41, 5.74) is 24.8. The van der Waals surface area contributed by atoms with Gasteiger partial charge in [0.15, 0.2) is 0 Å². The van der Waals surface area contributed by atoms with Crippen LogP contribution in [0.2, 0.25) is 0 Å². The Kier molecular flexibility index (Phi) is 6.18. The maximum Gasteiger partial charge on any atom is 0.0730 e. The third-order valence-electron chi connectivity index (χ3n) is 12.2. The second kappa shape index (κ2) is 10.7. The number of hydrogen-bond acceptors (Lipinski definition) is 2. The van der Waals surface area contributed by atoms with Gasteiger partial charge >= 0.3 is 0 Å². The summed E-state index contributed by atoms with van der Waals surface area (Å²) in [6.07, 6.45) is 4.26. The molecule has 2 aliphatic heterocycles. The van der Waals surface area contributed by atoms with E-state index in [1.807, 2.05) is 0 Å². The van der Waals surface area contributed by atoms with Crippen molar-refractivity contribution in [2.75, 3.05) is 0 Å². The topological polar surface area (TPSA) is 18.5 Å². The van der Waals surface area contributed by atoms with E-state index in [1.165, 1.54) is 122 Å². The van der Waals surface area contributed by atoms with Crippen LogP contribution in [0.1, 0.15) is 55.6 Å². The molecule has 242 valence electrons. The highest BCUT2D eigenvalue weighted by molar-refractivity contribution is 6.07. The number of ether oxygens (including phenoxy) is 2. The van der Waals surface area contributed by atoms with Crippen molar-refractivity contribution in [3.05, 3.63) is 153 Å². The summed E-state index contributed by atoms with van der Waals surface area (Å²) in [6, 6.07) is 37.2. The molecule has 0 unspecified atom stereocenters. The van der Waals surface area contributed by atoms with Gasteiger partial charge in [0.1, 0.15) is 0 Å². The molecule has 2 heteroatoms. The Morgan fingerprint density at radius 1 is 0.380 bits per heavy atom. The lowest BCUT2D eigenvalue weighted by Gasteiger charge is -2.29. The molecule has 0 saturated carbocycles. The lowest BCUT2D eigenvalue weighted by Crippen LogP contribution is -2.10. The monoisotopic (exact) mass is 646 g/mol. The van der Waals surface area contributed by atoms with E-state index in [4.69, 9.17) is 9.47 Å². The van der Waals surface area contributed by atoms with Gasteiger partial charge in [-0.2, -0.15) is 0 Å². The summed E-state index contributed by atoms with van der Waals surface area (Å²) in [6.45, 7) is 7.02. The van der Waals surface area contributed by atoms with Crippen molar-refractivity contribution in [1.29, 1.82) is 0 Å². The molecule has 0 saturated heterocycles. The zero-order chi connectivity index (χ0) is 33.1. The average molecular weight is 647 g/mol. The van der Waals surface area contributed by atoms with Gasteiger partial charge in [-0.1, -0.05) is 84.9 Å². The van der Waals surface area contributed by atoms with Crippen LogP contribution in [0.4, 0.5) is 0 Å². The number of benzene rings is 7. The summed E-state index contributed by atoms with van der Waals surface area (Å²) < 4.78 is 13.1. The second-order valence-electron chi connectivity index (χ2n) is 15.0. The van der Waals surface area contributed by atoms with Crippen LogP contribution < -0.4 is 0 Å². The Bertz CT molecular complexity index is 2440. The SMILES string of the molecule is Cc1cc2c(c3c1COCc1cc4c(cc1-3)-c1c(c(C)cc3c1-c1c(ccc5ccccc15)CC3)COC4)-c1c(ccc3ccccc13)CC2. The molecule has 50 heavy (non-hydrogen) atoms. The van der Waals surface area contributed by atoms with Gasteiger partial charge in [-0.15, -0.1) is 0 Å².